The first kappa shape index (κ1) is 13.9. The predicted octanol–water partition coefficient (Wildman–Crippen LogP) is 4.15. The molecule has 1 aromatic carbocycles. The molecule has 1 fully saturated rings. The van der Waals surface area contributed by atoms with Gasteiger partial charge in [0.15, 0.2) is 0 Å². The van der Waals surface area contributed by atoms with E-state index in [2.05, 4.69) is 18.5 Å². The Morgan fingerprint density at radius 2 is 1.78 bits per heavy atom. The largest absolute Gasteiger partial charge is 0.307 e. The summed E-state index contributed by atoms with van der Waals surface area (Å²) in [4.78, 5) is 0. The van der Waals surface area contributed by atoms with E-state index in [9.17, 15) is 4.39 Å². The molecule has 1 aromatic rings. The van der Waals surface area contributed by atoms with Gasteiger partial charge in [-0.25, -0.2) is 4.39 Å². The van der Waals surface area contributed by atoms with Crippen molar-refractivity contribution in [2.45, 2.75) is 49.9 Å². The Morgan fingerprint density at radius 1 is 1.17 bits per heavy atom. The minimum Gasteiger partial charge on any atom is -0.307 e. The third-order valence-electron chi connectivity index (χ3n) is 3.86. The molecule has 0 aromatic heterocycles. The van der Waals surface area contributed by atoms with Gasteiger partial charge in [0.1, 0.15) is 5.82 Å². The average Bonchev–Trinajstić information content (AvgIpc) is 2.40. The number of nitrogens with one attached hydrogen (secondary N) is 1. The molecule has 3 heteroatoms. The molecule has 18 heavy (non-hydrogen) atoms. The van der Waals surface area contributed by atoms with Crippen LogP contribution >= 0.6 is 11.8 Å². The van der Waals surface area contributed by atoms with Crippen LogP contribution in [0.25, 0.3) is 0 Å². The molecule has 1 aliphatic carbocycles. The first-order valence-electron chi connectivity index (χ1n) is 6.73. The van der Waals surface area contributed by atoms with Gasteiger partial charge in [-0.05, 0) is 56.6 Å². The summed E-state index contributed by atoms with van der Waals surface area (Å²) in [5.41, 5.74) is 1.17. The van der Waals surface area contributed by atoms with Crippen LogP contribution in [0.3, 0.4) is 0 Å². The van der Waals surface area contributed by atoms with Crippen molar-refractivity contribution in [2.75, 3.05) is 6.26 Å². The van der Waals surface area contributed by atoms with Crippen LogP contribution in [0, 0.1) is 5.82 Å². The predicted molar refractivity (Wildman–Crippen MR) is 77.5 cm³/mol. The third-order valence-corrected chi connectivity index (χ3v) is 5.00. The van der Waals surface area contributed by atoms with Crippen molar-refractivity contribution < 1.29 is 4.39 Å². The van der Waals surface area contributed by atoms with Crippen molar-refractivity contribution in [3.8, 4) is 0 Å². The fourth-order valence-corrected chi connectivity index (χ4v) is 3.41. The van der Waals surface area contributed by atoms with Gasteiger partial charge >= 0.3 is 0 Å². The van der Waals surface area contributed by atoms with E-state index in [1.807, 2.05) is 23.9 Å². The quantitative estimate of drug-likeness (QED) is 0.879. The van der Waals surface area contributed by atoms with E-state index in [1.165, 1.54) is 43.4 Å². The second-order valence-electron chi connectivity index (χ2n) is 5.15. The molecule has 0 amide bonds. The van der Waals surface area contributed by atoms with Crippen molar-refractivity contribution in [3.05, 3.63) is 35.6 Å². The molecule has 1 N–H and O–H groups in total. The van der Waals surface area contributed by atoms with E-state index < -0.39 is 0 Å². The zero-order chi connectivity index (χ0) is 13.0. The maximum absolute atomic E-state index is 12.9. The highest BCUT2D eigenvalue weighted by Crippen LogP contribution is 2.28. The second kappa shape index (κ2) is 6.58. The summed E-state index contributed by atoms with van der Waals surface area (Å²) in [6.45, 7) is 2.16. The van der Waals surface area contributed by atoms with Gasteiger partial charge in [0.05, 0.1) is 0 Å². The molecule has 1 saturated carbocycles. The highest BCUT2D eigenvalue weighted by atomic mass is 32.2. The summed E-state index contributed by atoms with van der Waals surface area (Å²) in [6, 6.07) is 7.76. The fraction of sp³-hybridized carbons (Fsp3) is 0.600. The molecular formula is C15H22FNS. The molecule has 1 nitrogen and oxygen atoms in total. The summed E-state index contributed by atoms with van der Waals surface area (Å²) in [5.74, 6) is -0.161. The summed E-state index contributed by atoms with van der Waals surface area (Å²) >= 11 is 2.00. The summed E-state index contributed by atoms with van der Waals surface area (Å²) in [5, 5.41) is 4.52. The minimum atomic E-state index is -0.161. The second-order valence-corrected chi connectivity index (χ2v) is 6.29. The number of hydrogen-bond donors (Lipinski definition) is 1. The van der Waals surface area contributed by atoms with Crippen LogP contribution in [0.5, 0.6) is 0 Å². The van der Waals surface area contributed by atoms with Crippen LogP contribution in [0.2, 0.25) is 0 Å². The van der Waals surface area contributed by atoms with Gasteiger partial charge in [0, 0.05) is 17.3 Å². The molecule has 100 valence electrons. The van der Waals surface area contributed by atoms with Crippen LogP contribution < -0.4 is 5.32 Å². The highest BCUT2D eigenvalue weighted by molar-refractivity contribution is 7.99. The number of halogens is 1. The number of hydrogen-bond acceptors (Lipinski definition) is 2. The van der Waals surface area contributed by atoms with E-state index in [4.69, 9.17) is 0 Å². The maximum Gasteiger partial charge on any atom is 0.123 e. The topological polar surface area (TPSA) is 12.0 Å². The van der Waals surface area contributed by atoms with Crippen LogP contribution in [-0.4, -0.2) is 17.5 Å². The van der Waals surface area contributed by atoms with Crippen molar-refractivity contribution in [3.63, 3.8) is 0 Å². The average molecular weight is 267 g/mol. The highest BCUT2D eigenvalue weighted by Gasteiger charge is 2.21. The van der Waals surface area contributed by atoms with E-state index in [0.717, 1.165) is 5.25 Å². The molecular weight excluding hydrogens is 245 g/mol. The van der Waals surface area contributed by atoms with Gasteiger partial charge in [-0.1, -0.05) is 12.1 Å². The Kier molecular flexibility index (Phi) is 5.07. The molecule has 0 radical (unpaired) electrons. The molecule has 1 aliphatic rings. The van der Waals surface area contributed by atoms with E-state index >= 15 is 0 Å². The van der Waals surface area contributed by atoms with E-state index in [1.54, 1.807) is 0 Å². The molecule has 0 aliphatic heterocycles. The van der Waals surface area contributed by atoms with Crippen molar-refractivity contribution >= 4 is 11.8 Å². The minimum absolute atomic E-state index is 0.161. The molecule has 0 bridgehead atoms. The van der Waals surface area contributed by atoms with Gasteiger partial charge < -0.3 is 5.32 Å². The first-order valence-corrected chi connectivity index (χ1v) is 8.02. The Labute approximate surface area is 114 Å². The van der Waals surface area contributed by atoms with Gasteiger partial charge in [-0.2, -0.15) is 11.8 Å². The molecule has 0 spiro atoms. The van der Waals surface area contributed by atoms with Gasteiger partial charge in [0.2, 0.25) is 0 Å². The summed E-state index contributed by atoms with van der Waals surface area (Å²) in [6.07, 6.45) is 7.36. The molecule has 1 unspecified atom stereocenters. The van der Waals surface area contributed by atoms with Crippen LogP contribution in [0.15, 0.2) is 24.3 Å². The number of rotatable bonds is 4. The SMILES string of the molecule is CSC1CCC(NC(C)c2ccc(F)cc2)CC1. The van der Waals surface area contributed by atoms with Gasteiger partial charge in [-0.15, -0.1) is 0 Å². The van der Waals surface area contributed by atoms with E-state index in [0.29, 0.717) is 12.1 Å². The Bertz CT molecular complexity index is 357. The summed E-state index contributed by atoms with van der Waals surface area (Å²) in [7, 11) is 0. The van der Waals surface area contributed by atoms with Crippen molar-refractivity contribution in [1.29, 1.82) is 0 Å². The fourth-order valence-electron chi connectivity index (χ4n) is 2.67. The van der Waals surface area contributed by atoms with Crippen molar-refractivity contribution in [1.82, 2.24) is 5.32 Å². The smallest absolute Gasteiger partial charge is 0.123 e. The lowest BCUT2D eigenvalue weighted by molar-refractivity contribution is 0.352. The molecule has 1 atom stereocenters. The number of benzene rings is 1. The van der Waals surface area contributed by atoms with Gasteiger partial charge in [0.25, 0.3) is 0 Å². The van der Waals surface area contributed by atoms with Crippen LogP contribution in [0.4, 0.5) is 4.39 Å². The van der Waals surface area contributed by atoms with Crippen molar-refractivity contribution in [2.24, 2.45) is 0 Å². The third kappa shape index (κ3) is 3.72. The molecule has 2 rings (SSSR count). The Hall–Kier alpha value is -0.540. The lowest BCUT2D eigenvalue weighted by atomic mass is 9.93. The normalized spacial score (nSPS) is 25.9. The maximum atomic E-state index is 12.9. The molecule has 0 saturated heterocycles. The van der Waals surface area contributed by atoms with Crippen LogP contribution in [0.1, 0.15) is 44.2 Å². The van der Waals surface area contributed by atoms with Gasteiger partial charge in [-0.3, -0.25) is 0 Å². The molecule has 0 heterocycles. The Balaban J connectivity index is 1.84. The summed E-state index contributed by atoms with van der Waals surface area (Å²) < 4.78 is 12.9. The van der Waals surface area contributed by atoms with Crippen LogP contribution in [-0.2, 0) is 0 Å². The lowest BCUT2D eigenvalue weighted by Crippen LogP contribution is -2.35. The first-order chi connectivity index (χ1) is 8.69. The Morgan fingerprint density at radius 3 is 2.33 bits per heavy atom. The lowest BCUT2D eigenvalue weighted by Gasteiger charge is -2.30. The zero-order valence-electron chi connectivity index (χ0n) is 11.2. The number of thioether (sulfide) groups is 1. The zero-order valence-corrected chi connectivity index (χ0v) is 12.0. The monoisotopic (exact) mass is 267 g/mol. The standard InChI is InChI=1S/C15H22FNS/c1-11(12-3-5-13(16)6-4-12)17-14-7-9-15(18-2)10-8-14/h3-6,11,14-15,17H,7-10H2,1-2H3. The van der Waals surface area contributed by atoms with E-state index in [-0.39, 0.29) is 5.82 Å².